The highest BCUT2D eigenvalue weighted by Crippen LogP contribution is 2.65. The summed E-state index contributed by atoms with van der Waals surface area (Å²) in [7, 11) is 0. The zero-order valence-corrected chi connectivity index (χ0v) is 19.9. The van der Waals surface area contributed by atoms with Crippen molar-refractivity contribution in [2.75, 3.05) is 31.2 Å². The summed E-state index contributed by atoms with van der Waals surface area (Å²) in [5.41, 5.74) is 1.45. The summed E-state index contributed by atoms with van der Waals surface area (Å²) in [5, 5.41) is 10.2. The van der Waals surface area contributed by atoms with Gasteiger partial charge >= 0.3 is 5.97 Å². The molecule has 5 atom stereocenters. The van der Waals surface area contributed by atoms with E-state index in [1.165, 1.54) is 16.7 Å². The number of para-hydroxylation sites is 1. The number of aliphatic hydroxyl groups is 1. The zero-order chi connectivity index (χ0) is 23.5. The molecule has 2 amide bonds. The number of cyclic esters (lactones) is 1. The number of benzene rings is 1. The van der Waals surface area contributed by atoms with Gasteiger partial charge in [0.2, 0.25) is 5.91 Å². The highest BCUT2D eigenvalue weighted by Gasteiger charge is 2.74. The second-order valence-electron chi connectivity index (χ2n) is 9.04. The smallest absolute Gasteiger partial charge is 0.311 e. The van der Waals surface area contributed by atoms with Crippen LogP contribution in [0.15, 0.2) is 42.5 Å². The van der Waals surface area contributed by atoms with Gasteiger partial charge in [0.25, 0.3) is 5.91 Å². The summed E-state index contributed by atoms with van der Waals surface area (Å²) in [4.78, 5) is 44.0. The molecule has 1 spiro atoms. The van der Waals surface area contributed by atoms with Crippen molar-refractivity contribution in [3.63, 3.8) is 0 Å². The first-order valence-corrected chi connectivity index (χ1v) is 12.1. The second kappa shape index (κ2) is 7.89. The van der Waals surface area contributed by atoms with Gasteiger partial charge in [-0.05, 0) is 31.6 Å². The molecule has 5 rings (SSSR count). The van der Waals surface area contributed by atoms with Crippen LogP contribution in [0, 0.1) is 18.8 Å². The Morgan fingerprint density at radius 1 is 1.18 bits per heavy atom. The van der Waals surface area contributed by atoms with Gasteiger partial charge in [-0.25, -0.2) is 0 Å². The third kappa shape index (κ3) is 3.11. The normalized spacial score (nSPS) is 35.2. The third-order valence-electron chi connectivity index (χ3n) is 7.11. The fourth-order valence-corrected chi connectivity index (χ4v) is 8.35. The SMILES string of the molecule is Cc1cccc(Cl)c1N1CC=C[C@]23S[C@]4(C)C=CCOC(=O)[C@@H]4[C@H]2C(=O)N(CCO)C3C1=O. The lowest BCUT2D eigenvalue weighted by atomic mass is 9.75. The number of ether oxygens (including phenoxy) is 1. The lowest BCUT2D eigenvalue weighted by Crippen LogP contribution is -2.54. The van der Waals surface area contributed by atoms with Crippen molar-refractivity contribution in [2.45, 2.75) is 29.4 Å². The van der Waals surface area contributed by atoms with Crippen LogP contribution in [-0.4, -0.2) is 69.6 Å². The molecule has 1 N–H and O–H groups in total. The minimum absolute atomic E-state index is 0.00551. The molecule has 0 aromatic heterocycles. The Morgan fingerprint density at radius 3 is 2.70 bits per heavy atom. The Kier molecular flexibility index (Phi) is 5.38. The van der Waals surface area contributed by atoms with E-state index in [-0.39, 0.29) is 38.1 Å². The van der Waals surface area contributed by atoms with Crippen molar-refractivity contribution in [1.82, 2.24) is 4.90 Å². The number of hydrogen-bond acceptors (Lipinski definition) is 6. The summed E-state index contributed by atoms with van der Waals surface area (Å²) in [5.74, 6) is -2.51. The maximum absolute atomic E-state index is 14.2. The monoisotopic (exact) mass is 488 g/mol. The van der Waals surface area contributed by atoms with Crippen molar-refractivity contribution < 1.29 is 24.2 Å². The second-order valence-corrected chi connectivity index (χ2v) is 11.2. The van der Waals surface area contributed by atoms with Crippen LogP contribution in [0.1, 0.15) is 12.5 Å². The van der Waals surface area contributed by atoms with Crippen molar-refractivity contribution in [2.24, 2.45) is 11.8 Å². The molecule has 0 aliphatic carbocycles. The van der Waals surface area contributed by atoms with Gasteiger partial charge in [-0.1, -0.05) is 42.0 Å². The molecule has 1 aromatic rings. The van der Waals surface area contributed by atoms with E-state index < -0.39 is 33.3 Å². The van der Waals surface area contributed by atoms with E-state index in [1.807, 2.05) is 44.2 Å². The fourth-order valence-electron chi connectivity index (χ4n) is 5.87. The van der Waals surface area contributed by atoms with E-state index in [2.05, 4.69) is 0 Å². The molecule has 4 aliphatic rings. The molecule has 4 aliphatic heterocycles. The lowest BCUT2D eigenvalue weighted by Gasteiger charge is -2.36. The van der Waals surface area contributed by atoms with Crippen LogP contribution in [-0.2, 0) is 19.1 Å². The number of carbonyl (C=O) groups is 3. The van der Waals surface area contributed by atoms with E-state index in [0.717, 1.165) is 5.56 Å². The minimum Gasteiger partial charge on any atom is -0.461 e. The number of aliphatic hydroxyl groups excluding tert-OH is 1. The van der Waals surface area contributed by atoms with Crippen molar-refractivity contribution in [3.8, 4) is 0 Å². The Bertz CT molecular complexity index is 1090. The first kappa shape index (κ1) is 22.5. The topological polar surface area (TPSA) is 87.2 Å². The van der Waals surface area contributed by atoms with Gasteiger partial charge in [0.05, 0.1) is 33.9 Å². The molecule has 9 heteroatoms. The number of β-amino-alcohol motifs (C(OH)–C–C–N with tert-alkyl or cyclic N) is 1. The molecule has 1 aromatic carbocycles. The number of anilines is 1. The van der Waals surface area contributed by atoms with Crippen LogP contribution in [0.2, 0.25) is 5.02 Å². The number of hydrogen-bond donors (Lipinski definition) is 1. The van der Waals surface area contributed by atoms with Crippen molar-refractivity contribution in [3.05, 3.63) is 53.1 Å². The zero-order valence-electron chi connectivity index (χ0n) is 18.4. The number of thioether (sulfide) groups is 1. The third-order valence-corrected chi connectivity index (χ3v) is 9.21. The number of esters is 1. The molecular weight excluding hydrogens is 464 g/mol. The molecule has 0 radical (unpaired) electrons. The maximum atomic E-state index is 14.2. The number of carbonyl (C=O) groups excluding carboxylic acids is 3. The van der Waals surface area contributed by atoms with E-state index >= 15 is 0 Å². The molecule has 2 fully saturated rings. The number of halogens is 1. The van der Waals surface area contributed by atoms with Gasteiger partial charge < -0.3 is 19.6 Å². The van der Waals surface area contributed by atoms with Crippen LogP contribution >= 0.6 is 23.4 Å². The van der Waals surface area contributed by atoms with Crippen LogP contribution in [0.5, 0.6) is 0 Å². The van der Waals surface area contributed by atoms with Crippen LogP contribution in [0.25, 0.3) is 0 Å². The van der Waals surface area contributed by atoms with Crippen LogP contribution in [0.4, 0.5) is 5.69 Å². The summed E-state index contributed by atoms with van der Waals surface area (Å²) >= 11 is 7.98. The molecule has 7 nitrogen and oxygen atoms in total. The average molecular weight is 489 g/mol. The predicted molar refractivity (Wildman–Crippen MR) is 126 cm³/mol. The van der Waals surface area contributed by atoms with Gasteiger partial charge in [0, 0.05) is 17.8 Å². The molecule has 174 valence electrons. The van der Waals surface area contributed by atoms with Crippen LogP contribution < -0.4 is 4.90 Å². The Morgan fingerprint density at radius 2 is 1.97 bits per heavy atom. The standard InChI is InChI=1S/C24H25ClN2O5S/c1-14-6-3-7-15(25)18(14)26-10-4-9-24-16(20(29)27(11-12-28)19(24)21(26)30)17-22(31)32-13-5-8-23(17,2)33-24/h3-9,16-17,19,28H,10-13H2,1-2H3/t16-,17-,19?,23+,24-/m0/s1. The highest BCUT2D eigenvalue weighted by molar-refractivity contribution is 8.02. The summed E-state index contributed by atoms with van der Waals surface area (Å²) < 4.78 is 3.73. The van der Waals surface area contributed by atoms with Crippen molar-refractivity contribution in [1.29, 1.82) is 0 Å². The number of nitrogens with zero attached hydrogens (tertiary/aromatic N) is 2. The summed E-state index contributed by atoms with van der Waals surface area (Å²) in [6, 6.07) is 4.57. The van der Waals surface area contributed by atoms with Gasteiger partial charge in [-0.3, -0.25) is 14.4 Å². The lowest BCUT2D eigenvalue weighted by molar-refractivity contribution is -0.152. The molecule has 2 saturated heterocycles. The number of aryl methyl sites for hydroxylation is 1. The number of likely N-dealkylation sites (tertiary alicyclic amines) is 1. The number of rotatable bonds is 3. The average Bonchev–Trinajstić information content (AvgIpc) is 3.01. The van der Waals surface area contributed by atoms with E-state index in [0.29, 0.717) is 10.7 Å². The molecule has 4 heterocycles. The van der Waals surface area contributed by atoms with Crippen molar-refractivity contribution >= 4 is 46.8 Å². The van der Waals surface area contributed by atoms with Gasteiger partial charge in [0.1, 0.15) is 12.6 Å². The predicted octanol–water partition coefficient (Wildman–Crippen LogP) is 2.34. The fraction of sp³-hybridized carbons (Fsp3) is 0.458. The van der Waals surface area contributed by atoms with Crippen LogP contribution in [0.3, 0.4) is 0 Å². The molecule has 0 bridgehead atoms. The quantitative estimate of drug-likeness (QED) is 0.519. The molecule has 33 heavy (non-hydrogen) atoms. The Balaban J connectivity index is 1.68. The molecule has 1 unspecified atom stereocenters. The van der Waals surface area contributed by atoms with Gasteiger partial charge in [-0.2, -0.15) is 0 Å². The first-order chi connectivity index (χ1) is 15.7. The maximum Gasteiger partial charge on any atom is 0.311 e. The Labute approximate surface area is 201 Å². The van der Waals surface area contributed by atoms with E-state index in [1.54, 1.807) is 17.0 Å². The molecule has 0 saturated carbocycles. The first-order valence-electron chi connectivity index (χ1n) is 11.0. The van der Waals surface area contributed by atoms with E-state index in [4.69, 9.17) is 16.3 Å². The van der Waals surface area contributed by atoms with Gasteiger partial charge in [-0.15, -0.1) is 11.8 Å². The molecular formula is C24H25ClN2O5S. The number of fused-ring (bicyclic) bond motifs is 2. The Hall–Kier alpha value is -2.29. The van der Waals surface area contributed by atoms with Gasteiger partial charge in [0.15, 0.2) is 0 Å². The largest absolute Gasteiger partial charge is 0.461 e. The minimum atomic E-state index is -0.965. The number of amides is 2. The summed E-state index contributed by atoms with van der Waals surface area (Å²) in [6.07, 6.45) is 7.54. The highest BCUT2D eigenvalue weighted by atomic mass is 35.5. The van der Waals surface area contributed by atoms with E-state index in [9.17, 15) is 19.5 Å². The summed E-state index contributed by atoms with van der Waals surface area (Å²) in [6.45, 7) is 3.99.